The fourth-order valence-electron chi connectivity index (χ4n) is 2.02. The van der Waals surface area contributed by atoms with Crippen LogP contribution in [0.1, 0.15) is 12.5 Å². The van der Waals surface area contributed by atoms with E-state index in [1.165, 1.54) is 12.0 Å². The number of ether oxygens (including phenoxy) is 2. The maximum absolute atomic E-state index is 11.9. The summed E-state index contributed by atoms with van der Waals surface area (Å²) in [5, 5.41) is 9.15. The number of benzene rings is 1. The zero-order valence-electron chi connectivity index (χ0n) is 10.8. The van der Waals surface area contributed by atoms with Gasteiger partial charge >= 0.3 is 5.97 Å². The number of hydrogen-bond donors (Lipinski definition) is 1. The highest BCUT2D eigenvalue weighted by Crippen LogP contribution is 2.34. The predicted molar refractivity (Wildman–Crippen MR) is 66.8 cm³/mol. The van der Waals surface area contributed by atoms with E-state index in [0.29, 0.717) is 17.0 Å². The second-order valence-corrected chi connectivity index (χ2v) is 4.21. The van der Waals surface area contributed by atoms with Crippen LogP contribution >= 0.6 is 0 Å². The van der Waals surface area contributed by atoms with E-state index >= 15 is 0 Å². The van der Waals surface area contributed by atoms with Crippen molar-refractivity contribution in [2.45, 2.75) is 19.6 Å². The van der Waals surface area contributed by atoms with Crippen LogP contribution in [0.2, 0.25) is 0 Å². The summed E-state index contributed by atoms with van der Waals surface area (Å²) in [5.41, 5.74) is 1.11. The van der Waals surface area contributed by atoms with Crippen LogP contribution in [-0.2, 0) is 20.9 Å². The predicted octanol–water partition coefficient (Wildman–Crippen LogP) is 0.466. The number of carbonyl (C=O) groups excluding carboxylic acids is 2. The Morgan fingerprint density at radius 3 is 2.95 bits per heavy atom. The molecular formula is C13H15NO5. The van der Waals surface area contributed by atoms with Crippen LogP contribution in [0.4, 0.5) is 5.69 Å². The van der Waals surface area contributed by atoms with Gasteiger partial charge in [0.15, 0.2) is 6.61 Å². The van der Waals surface area contributed by atoms with Crippen molar-refractivity contribution in [1.29, 1.82) is 0 Å². The van der Waals surface area contributed by atoms with Gasteiger partial charge in [-0.05, 0) is 24.6 Å². The van der Waals surface area contributed by atoms with Crippen LogP contribution in [-0.4, -0.2) is 36.7 Å². The number of carbonyl (C=O) groups is 2. The molecular weight excluding hydrogens is 250 g/mol. The van der Waals surface area contributed by atoms with Gasteiger partial charge in [0, 0.05) is 0 Å². The minimum absolute atomic E-state index is 0.118. The summed E-state index contributed by atoms with van der Waals surface area (Å²) in [6.07, 6.45) is 0. The number of rotatable bonds is 3. The number of methoxy groups -OCH3 is 1. The molecule has 6 heteroatoms. The highest BCUT2D eigenvalue weighted by atomic mass is 16.5. The van der Waals surface area contributed by atoms with Crippen molar-refractivity contribution in [2.24, 2.45) is 0 Å². The van der Waals surface area contributed by atoms with E-state index in [1.54, 1.807) is 25.1 Å². The van der Waals surface area contributed by atoms with Gasteiger partial charge in [-0.2, -0.15) is 0 Å². The molecule has 1 aliphatic heterocycles. The molecule has 0 aliphatic carbocycles. The second kappa shape index (κ2) is 5.27. The van der Waals surface area contributed by atoms with E-state index in [-0.39, 0.29) is 19.1 Å². The van der Waals surface area contributed by atoms with Crippen molar-refractivity contribution in [3.63, 3.8) is 0 Å². The van der Waals surface area contributed by atoms with Gasteiger partial charge in [-0.25, -0.2) is 4.79 Å². The molecule has 1 aliphatic rings. The quantitative estimate of drug-likeness (QED) is 0.804. The van der Waals surface area contributed by atoms with Crippen LogP contribution in [0.3, 0.4) is 0 Å². The largest absolute Gasteiger partial charge is 0.482 e. The number of hydrogen-bond acceptors (Lipinski definition) is 5. The van der Waals surface area contributed by atoms with Gasteiger partial charge in [0.25, 0.3) is 5.91 Å². The average molecular weight is 265 g/mol. The molecule has 0 spiro atoms. The fraction of sp³-hybridized carbons (Fsp3) is 0.385. The van der Waals surface area contributed by atoms with Gasteiger partial charge in [-0.15, -0.1) is 0 Å². The summed E-state index contributed by atoms with van der Waals surface area (Å²) in [4.78, 5) is 24.9. The lowest BCUT2D eigenvalue weighted by Gasteiger charge is -2.32. The lowest BCUT2D eigenvalue weighted by molar-refractivity contribution is -0.143. The molecule has 1 unspecified atom stereocenters. The number of nitrogens with zero attached hydrogens (tertiary/aromatic N) is 1. The smallest absolute Gasteiger partial charge is 0.328 e. The molecule has 0 radical (unpaired) electrons. The Labute approximate surface area is 110 Å². The fourth-order valence-corrected chi connectivity index (χ4v) is 2.02. The molecule has 0 aromatic heterocycles. The van der Waals surface area contributed by atoms with Crippen molar-refractivity contribution in [1.82, 2.24) is 0 Å². The number of amides is 1. The first kappa shape index (κ1) is 13.4. The molecule has 0 saturated carbocycles. The SMILES string of the molecule is COC(=O)C(C)N1C(=O)COc2ccc(CO)cc21. The van der Waals surface area contributed by atoms with Crippen molar-refractivity contribution in [3.8, 4) is 5.75 Å². The third-order valence-electron chi connectivity index (χ3n) is 3.01. The zero-order chi connectivity index (χ0) is 14.0. The third kappa shape index (κ3) is 2.39. The molecule has 0 bridgehead atoms. The first-order valence-electron chi connectivity index (χ1n) is 5.85. The summed E-state index contributed by atoms with van der Waals surface area (Å²) in [6.45, 7) is 1.32. The monoisotopic (exact) mass is 265 g/mol. The summed E-state index contributed by atoms with van der Waals surface area (Å²) < 4.78 is 9.97. The Bertz CT molecular complexity index is 514. The molecule has 0 saturated heterocycles. The summed E-state index contributed by atoms with van der Waals surface area (Å²) in [5.74, 6) is -0.316. The number of esters is 1. The van der Waals surface area contributed by atoms with Crippen molar-refractivity contribution in [3.05, 3.63) is 23.8 Å². The van der Waals surface area contributed by atoms with E-state index in [9.17, 15) is 9.59 Å². The van der Waals surface area contributed by atoms with Crippen LogP contribution in [0.25, 0.3) is 0 Å². The number of fused-ring (bicyclic) bond motifs is 1. The Hall–Kier alpha value is -2.08. The Balaban J connectivity index is 2.44. The van der Waals surface area contributed by atoms with E-state index < -0.39 is 12.0 Å². The van der Waals surface area contributed by atoms with Gasteiger partial charge in [0.1, 0.15) is 11.8 Å². The van der Waals surface area contributed by atoms with Gasteiger partial charge in [-0.3, -0.25) is 9.69 Å². The normalized spacial score (nSPS) is 15.5. The van der Waals surface area contributed by atoms with Gasteiger partial charge in [0.2, 0.25) is 0 Å². The summed E-state index contributed by atoms with van der Waals surface area (Å²) in [7, 11) is 1.27. The maximum atomic E-state index is 11.9. The van der Waals surface area contributed by atoms with E-state index in [4.69, 9.17) is 9.84 Å². The first-order chi connectivity index (χ1) is 9.08. The van der Waals surface area contributed by atoms with Gasteiger partial charge < -0.3 is 14.6 Å². The molecule has 6 nitrogen and oxygen atoms in total. The molecule has 1 atom stereocenters. The molecule has 1 N–H and O–H groups in total. The number of aliphatic hydroxyl groups is 1. The minimum atomic E-state index is -0.742. The van der Waals surface area contributed by atoms with Gasteiger partial charge in [-0.1, -0.05) is 6.07 Å². The van der Waals surface area contributed by atoms with Crippen molar-refractivity contribution >= 4 is 17.6 Å². The zero-order valence-corrected chi connectivity index (χ0v) is 10.8. The van der Waals surface area contributed by atoms with Gasteiger partial charge in [0.05, 0.1) is 19.4 Å². The van der Waals surface area contributed by atoms with Crippen molar-refractivity contribution < 1.29 is 24.2 Å². The maximum Gasteiger partial charge on any atom is 0.328 e. The molecule has 0 fully saturated rings. The summed E-state index contributed by atoms with van der Waals surface area (Å²) >= 11 is 0. The van der Waals surface area contributed by atoms with E-state index in [0.717, 1.165) is 0 Å². The van der Waals surface area contributed by atoms with E-state index in [2.05, 4.69) is 4.74 Å². The molecule has 1 heterocycles. The average Bonchev–Trinajstić information content (AvgIpc) is 2.44. The molecule has 2 rings (SSSR count). The lowest BCUT2D eigenvalue weighted by Crippen LogP contribution is -2.48. The highest BCUT2D eigenvalue weighted by molar-refractivity contribution is 6.02. The molecule has 1 amide bonds. The second-order valence-electron chi connectivity index (χ2n) is 4.21. The Morgan fingerprint density at radius 2 is 2.32 bits per heavy atom. The van der Waals surface area contributed by atoms with Crippen LogP contribution in [0.5, 0.6) is 5.75 Å². The topological polar surface area (TPSA) is 76.1 Å². The summed E-state index contributed by atoms with van der Waals surface area (Å²) in [6, 6.07) is 4.26. The van der Waals surface area contributed by atoms with Crippen LogP contribution < -0.4 is 9.64 Å². The van der Waals surface area contributed by atoms with Crippen LogP contribution in [0, 0.1) is 0 Å². The Morgan fingerprint density at radius 1 is 1.58 bits per heavy atom. The van der Waals surface area contributed by atoms with Crippen LogP contribution in [0.15, 0.2) is 18.2 Å². The minimum Gasteiger partial charge on any atom is -0.482 e. The van der Waals surface area contributed by atoms with E-state index in [1.807, 2.05) is 0 Å². The number of aliphatic hydroxyl groups excluding tert-OH is 1. The number of anilines is 1. The first-order valence-corrected chi connectivity index (χ1v) is 5.85. The molecule has 1 aromatic carbocycles. The highest BCUT2D eigenvalue weighted by Gasteiger charge is 2.33. The third-order valence-corrected chi connectivity index (χ3v) is 3.01. The molecule has 1 aromatic rings. The molecule has 19 heavy (non-hydrogen) atoms. The van der Waals surface area contributed by atoms with Crippen molar-refractivity contribution in [2.75, 3.05) is 18.6 Å². The standard InChI is InChI=1S/C13H15NO5/c1-8(13(17)18-2)14-10-5-9(6-15)3-4-11(10)19-7-12(14)16/h3-5,8,15H,6-7H2,1-2H3. The Kier molecular flexibility index (Phi) is 3.71. The lowest BCUT2D eigenvalue weighted by atomic mass is 10.1. The molecule has 102 valence electrons.